The molecule has 17 heavy (non-hydrogen) atoms. The Morgan fingerprint density at radius 1 is 1.47 bits per heavy atom. The van der Waals surface area contributed by atoms with Gasteiger partial charge in [0.1, 0.15) is 0 Å². The first kappa shape index (κ1) is 13.9. The molecule has 1 saturated heterocycles. The van der Waals surface area contributed by atoms with Crippen LogP contribution in [0.25, 0.3) is 0 Å². The summed E-state index contributed by atoms with van der Waals surface area (Å²) >= 11 is 0. The molecule has 0 aliphatic carbocycles. The van der Waals surface area contributed by atoms with Gasteiger partial charge in [-0.2, -0.15) is 0 Å². The summed E-state index contributed by atoms with van der Waals surface area (Å²) in [5, 5.41) is 0. The van der Waals surface area contributed by atoms with Gasteiger partial charge in [-0.25, -0.2) is 0 Å². The lowest BCUT2D eigenvalue weighted by Gasteiger charge is -2.12. The molecule has 4 heteroatoms. The van der Waals surface area contributed by atoms with Gasteiger partial charge in [0.25, 0.3) is 0 Å². The second-order valence-corrected chi connectivity index (χ2v) is 4.40. The molecule has 0 saturated carbocycles. The number of hydrogen-bond acceptors (Lipinski definition) is 4. The standard InChI is InChI=1S/C13H20O4/c1-4-5-12-9(2)8-11(17-12)6-7-13(15)16-10(3)14/h11-12H,2,4-8H2,1,3H3/t11-,12-/m0/s1. The van der Waals surface area contributed by atoms with Gasteiger partial charge in [0, 0.05) is 13.3 Å². The van der Waals surface area contributed by atoms with E-state index >= 15 is 0 Å². The third-order valence-electron chi connectivity index (χ3n) is 2.78. The summed E-state index contributed by atoms with van der Waals surface area (Å²) in [6, 6.07) is 0. The second kappa shape index (κ2) is 6.55. The van der Waals surface area contributed by atoms with Crippen LogP contribution in [-0.2, 0) is 19.1 Å². The fourth-order valence-corrected chi connectivity index (χ4v) is 2.00. The lowest BCUT2D eigenvalue weighted by molar-refractivity contribution is -0.158. The van der Waals surface area contributed by atoms with E-state index in [-0.39, 0.29) is 18.6 Å². The molecule has 96 valence electrons. The highest BCUT2D eigenvalue weighted by atomic mass is 16.6. The number of rotatable bonds is 5. The van der Waals surface area contributed by atoms with Gasteiger partial charge in [0.15, 0.2) is 0 Å². The van der Waals surface area contributed by atoms with Crippen LogP contribution in [-0.4, -0.2) is 24.1 Å². The lowest BCUT2D eigenvalue weighted by atomic mass is 10.0. The Kier molecular flexibility index (Phi) is 5.35. The van der Waals surface area contributed by atoms with E-state index < -0.39 is 11.9 Å². The van der Waals surface area contributed by atoms with Crippen LogP contribution in [0.5, 0.6) is 0 Å². The number of hydrogen-bond donors (Lipinski definition) is 0. The second-order valence-electron chi connectivity index (χ2n) is 4.40. The molecule has 4 nitrogen and oxygen atoms in total. The molecule has 1 heterocycles. The molecule has 1 aliphatic rings. The minimum Gasteiger partial charge on any atom is -0.393 e. The van der Waals surface area contributed by atoms with E-state index in [1.54, 1.807) is 0 Å². The van der Waals surface area contributed by atoms with Crippen molar-refractivity contribution in [2.24, 2.45) is 0 Å². The molecule has 0 bridgehead atoms. The third kappa shape index (κ3) is 4.69. The van der Waals surface area contributed by atoms with Crippen molar-refractivity contribution in [2.75, 3.05) is 0 Å². The van der Waals surface area contributed by atoms with Crippen LogP contribution in [0.1, 0.15) is 46.0 Å². The van der Waals surface area contributed by atoms with Crippen molar-refractivity contribution in [3.8, 4) is 0 Å². The SMILES string of the molecule is C=C1C[C@H](CCC(=O)OC(C)=O)O[C@H]1CCC. The molecule has 0 aromatic rings. The van der Waals surface area contributed by atoms with E-state index in [0.717, 1.165) is 24.8 Å². The number of carbonyl (C=O) groups is 2. The molecule has 0 aromatic heterocycles. The fourth-order valence-electron chi connectivity index (χ4n) is 2.00. The fraction of sp³-hybridized carbons (Fsp3) is 0.692. The zero-order chi connectivity index (χ0) is 12.8. The normalized spacial score (nSPS) is 23.8. The predicted molar refractivity (Wildman–Crippen MR) is 63.3 cm³/mol. The monoisotopic (exact) mass is 240 g/mol. The molecule has 0 aromatic carbocycles. The van der Waals surface area contributed by atoms with E-state index in [4.69, 9.17) is 4.74 Å². The van der Waals surface area contributed by atoms with Crippen molar-refractivity contribution in [3.05, 3.63) is 12.2 Å². The smallest absolute Gasteiger partial charge is 0.313 e. The molecule has 0 unspecified atom stereocenters. The molecular weight excluding hydrogens is 220 g/mol. The van der Waals surface area contributed by atoms with Crippen LogP contribution in [0, 0.1) is 0 Å². The zero-order valence-electron chi connectivity index (χ0n) is 10.5. The largest absolute Gasteiger partial charge is 0.393 e. The first-order valence-corrected chi connectivity index (χ1v) is 6.07. The lowest BCUT2D eigenvalue weighted by Crippen LogP contribution is -2.15. The highest BCUT2D eigenvalue weighted by molar-refractivity contribution is 5.83. The van der Waals surface area contributed by atoms with Crippen LogP contribution < -0.4 is 0 Å². The summed E-state index contributed by atoms with van der Waals surface area (Å²) in [5.41, 5.74) is 1.11. The van der Waals surface area contributed by atoms with Crippen molar-refractivity contribution < 1.29 is 19.1 Å². The van der Waals surface area contributed by atoms with Crippen molar-refractivity contribution in [1.82, 2.24) is 0 Å². The third-order valence-corrected chi connectivity index (χ3v) is 2.78. The van der Waals surface area contributed by atoms with E-state index in [2.05, 4.69) is 18.2 Å². The van der Waals surface area contributed by atoms with Crippen LogP contribution in [0.4, 0.5) is 0 Å². The highest BCUT2D eigenvalue weighted by Gasteiger charge is 2.28. The van der Waals surface area contributed by atoms with Crippen LogP contribution in [0.3, 0.4) is 0 Å². The topological polar surface area (TPSA) is 52.6 Å². The Morgan fingerprint density at radius 2 is 2.18 bits per heavy atom. The molecule has 1 rings (SSSR count). The van der Waals surface area contributed by atoms with E-state index in [1.807, 2.05) is 0 Å². The number of carbonyl (C=O) groups excluding carboxylic acids is 2. The first-order valence-electron chi connectivity index (χ1n) is 6.07. The average Bonchev–Trinajstić information content (AvgIpc) is 2.57. The van der Waals surface area contributed by atoms with Crippen molar-refractivity contribution in [2.45, 2.75) is 58.2 Å². The summed E-state index contributed by atoms with van der Waals surface area (Å²) < 4.78 is 10.2. The molecule has 2 atom stereocenters. The van der Waals surface area contributed by atoms with Crippen LogP contribution in [0.2, 0.25) is 0 Å². The quantitative estimate of drug-likeness (QED) is 0.420. The van der Waals surface area contributed by atoms with Gasteiger partial charge in [-0.05, 0) is 24.8 Å². The van der Waals surface area contributed by atoms with Gasteiger partial charge in [-0.15, -0.1) is 0 Å². The molecule has 0 N–H and O–H groups in total. The van der Waals surface area contributed by atoms with Gasteiger partial charge >= 0.3 is 11.9 Å². The van der Waals surface area contributed by atoms with Gasteiger partial charge in [0.05, 0.1) is 12.2 Å². The summed E-state index contributed by atoms with van der Waals surface area (Å²) in [6.07, 6.45) is 3.82. The van der Waals surface area contributed by atoms with Crippen LogP contribution >= 0.6 is 0 Å². The van der Waals surface area contributed by atoms with Gasteiger partial charge in [-0.3, -0.25) is 9.59 Å². The predicted octanol–water partition coefficient (Wildman–Crippen LogP) is 2.37. The zero-order valence-corrected chi connectivity index (χ0v) is 10.5. The maximum atomic E-state index is 11.2. The van der Waals surface area contributed by atoms with E-state index in [9.17, 15) is 9.59 Å². The Labute approximate surface area is 102 Å². The maximum absolute atomic E-state index is 11.2. The molecule has 0 amide bonds. The minimum atomic E-state index is -0.560. The molecule has 1 fully saturated rings. The van der Waals surface area contributed by atoms with Crippen molar-refractivity contribution in [3.63, 3.8) is 0 Å². The average molecular weight is 240 g/mol. The Hall–Kier alpha value is -1.16. The summed E-state index contributed by atoms with van der Waals surface area (Å²) in [6.45, 7) is 7.32. The van der Waals surface area contributed by atoms with E-state index in [0.29, 0.717) is 6.42 Å². The number of ether oxygens (including phenoxy) is 2. The summed E-state index contributed by atoms with van der Waals surface area (Å²) in [7, 11) is 0. The molecule has 1 aliphatic heterocycles. The van der Waals surface area contributed by atoms with E-state index in [1.165, 1.54) is 6.92 Å². The van der Waals surface area contributed by atoms with Gasteiger partial charge in [-0.1, -0.05) is 19.9 Å². The minimum absolute atomic E-state index is 0.0403. The molecule has 0 radical (unpaired) electrons. The Balaban J connectivity index is 2.28. The van der Waals surface area contributed by atoms with Crippen LogP contribution in [0.15, 0.2) is 12.2 Å². The van der Waals surface area contributed by atoms with Gasteiger partial charge < -0.3 is 9.47 Å². The Morgan fingerprint density at radius 3 is 2.76 bits per heavy atom. The molecule has 0 spiro atoms. The highest BCUT2D eigenvalue weighted by Crippen LogP contribution is 2.29. The summed E-state index contributed by atoms with van der Waals surface area (Å²) in [5.74, 6) is -1.04. The van der Waals surface area contributed by atoms with Crippen molar-refractivity contribution >= 4 is 11.9 Å². The Bertz CT molecular complexity index is 309. The van der Waals surface area contributed by atoms with Gasteiger partial charge in [0.2, 0.25) is 0 Å². The molecular formula is C13H20O4. The van der Waals surface area contributed by atoms with Crippen molar-refractivity contribution in [1.29, 1.82) is 0 Å². The maximum Gasteiger partial charge on any atom is 0.313 e. The first-order chi connectivity index (χ1) is 8.02. The summed E-state index contributed by atoms with van der Waals surface area (Å²) in [4.78, 5) is 21.7. The number of esters is 2.